The maximum atomic E-state index is 13.1. The topological polar surface area (TPSA) is 63.4 Å². The average molecular weight is 369 g/mol. The van der Waals surface area contributed by atoms with Gasteiger partial charge in [-0.25, -0.2) is 14.5 Å². The second-order valence-electron chi connectivity index (χ2n) is 7.40. The second kappa shape index (κ2) is 6.30. The van der Waals surface area contributed by atoms with Crippen molar-refractivity contribution in [3.63, 3.8) is 0 Å². The molecule has 1 atom stereocenters. The van der Waals surface area contributed by atoms with Crippen molar-refractivity contribution in [1.82, 2.24) is 24.5 Å². The van der Waals surface area contributed by atoms with Gasteiger partial charge in [0.1, 0.15) is 11.2 Å². The van der Waals surface area contributed by atoms with Crippen molar-refractivity contribution < 1.29 is 4.79 Å². The number of piperidine rings is 1. The molecule has 0 radical (unpaired) electrons. The minimum absolute atomic E-state index is 0.0301. The van der Waals surface area contributed by atoms with E-state index in [1.165, 1.54) is 29.7 Å². The normalized spacial score (nSPS) is 20.7. The number of hydrogen-bond acceptors (Lipinski definition) is 5. The maximum Gasteiger partial charge on any atom is 0.293 e. The van der Waals surface area contributed by atoms with E-state index in [1.54, 1.807) is 22.2 Å². The number of carbonyl (C=O) groups is 1. The molecular weight excluding hydrogens is 346 g/mol. The van der Waals surface area contributed by atoms with Crippen LogP contribution in [0.4, 0.5) is 0 Å². The van der Waals surface area contributed by atoms with Crippen LogP contribution in [0, 0.1) is 0 Å². The van der Waals surface area contributed by atoms with Crippen LogP contribution in [0.2, 0.25) is 0 Å². The fraction of sp³-hybridized carbons (Fsp3) is 0.579. The summed E-state index contributed by atoms with van der Waals surface area (Å²) < 4.78 is 1.70. The standard InChI is InChI=1S/C19H23N5OS/c1-2-12-7-5-6-10-23(12)19(25)16-21-17-15-13-8-3-4-9-14(13)26-18(15)20-11-24(17)22-16/h11-12H,2-10H2,1H3/t12-/m0/s1. The van der Waals surface area contributed by atoms with Crippen LogP contribution < -0.4 is 0 Å². The van der Waals surface area contributed by atoms with Gasteiger partial charge in [0, 0.05) is 17.5 Å². The van der Waals surface area contributed by atoms with Crippen LogP contribution in [0.3, 0.4) is 0 Å². The molecule has 136 valence electrons. The lowest BCUT2D eigenvalue weighted by molar-refractivity contribution is 0.0595. The van der Waals surface area contributed by atoms with Gasteiger partial charge >= 0.3 is 0 Å². The molecule has 26 heavy (non-hydrogen) atoms. The van der Waals surface area contributed by atoms with Crippen LogP contribution in [-0.4, -0.2) is 43.0 Å². The molecule has 0 spiro atoms. The summed E-state index contributed by atoms with van der Waals surface area (Å²) in [5, 5.41) is 5.61. The van der Waals surface area contributed by atoms with Crippen molar-refractivity contribution in [2.24, 2.45) is 0 Å². The molecule has 0 unspecified atom stereocenters. The van der Waals surface area contributed by atoms with Gasteiger partial charge in [-0.05, 0) is 56.9 Å². The third kappa shape index (κ3) is 2.44. The molecular formula is C19H23N5OS. The smallest absolute Gasteiger partial charge is 0.293 e. The highest BCUT2D eigenvalue weighted by atomic mass is 32.1. The fourth-order valence-corrected chi connectivity index (χ4v) is 5.69. The van der Waals surface area contributed by atoms with E-state index in [2.05, 4.69) is 17.0 Å². The van der Waals surface area contributed by atoms with E-state index in [-0.39, 0.29) is 5.91 Å². The second-order valence-corrected chi connectivity index (χ2v) is 8.48. The summed E-state index contributed by atoms with van der Waals surface area (Å²) in [6, 6.07) is 0.315. The van der Waals surface area contributed by atoms with Crippen molar-refractivity contribution in [3.8, 4) is 0 Å². The summed E-state index contributed by atoms with van der Waals surface area (Å²) in [4.78, 5) is 26.8. The highest BCUT2D eigenvalue weighted by Crippen LogP contribution is 2.37. The quantitative estimate of drug-likeness (QED) is 0.692. The molecule has 3 aromatic heterocycles. The number of thiophene rings is 1. The lowest BCUT2D eigenvalue weighted by atomic mass is 9.97. The number of carbonyl (C=O) groups excluding carboxylic acids is 1. The largest absolute Gasteiger partial charge is 0.333 e. The predicted octanol–water partition coefficient (Wildman–Crippen LogP) is 3.62. The van der Waals surface area contributed by atoms with E-state index in [0.717, 1.165) is 54.5 Å². The highest BCUT2D eigenvalue weighted by Gasteiger charge is 2.29. The van der Waals surface area contributed by atoms with Crippen molar-refractivity contribution in [3.05, 3.63) is 22.6 Å². The summed E-state index contributed by atoms with van der Waals surface area (Å²) in [6.45, 7) is 2.97. The number of fused-ring (bicyclic) bond motifs is 5. The van der Waals surface area contributed by atoms with Gasteiger partial charge in [0.15, 0.2) is 5.65 Å². The monoisotopic (exact) mass is 369 g/mol. The number of hydrogen-bond donors (Lipinski definition) is 0. The molecule has 1 aliphatic carbocycles. The third-order valence-electron chi connectivity index (χ3n) is 5.84. The molecule has 2 aliphatic rings. The molecule has 1 aliphatic heterocycles. The Hall–Kier alpha value is -2.02. The first-order valence-corrected chi connectivity index (χ1v) is 10.5. The number of aromatic nitrogens is 4. The van der Waals surface area contributed by atoms with Crippen LogP contribution >= 0.6 is 11.3 Å². The molecule has 1 amide bonds. The van der Waals surface area contributed by atoms with Gasteiger partial charge in [-0.2, -0.15) is 0 Å². The third-order valence-corrected chi connectivity index (χ3v) is 7.04. The fourth-order valence-electron chi connectivity index (χ4n) is 4.47. The van der Waals surface area contributed by atoms with Crippen LogP contribution in [0.1, 0.15) is 66.5 Å². The van der Waals surface area contributed by atoms with Crippen LogP contribution in [0.5, 0.6) is 0 Å². The number of aryl methyl sites for hydroxylation is 2. The Bertz CT molecular complexity index is 991. The Morgan fingerprint density at radius 2 is 2.15 bits per heavy atom. The van der Waals surface area contributed by atoms with E-state index < -0.39 is 0 Å². The first kappa shape index (κ1) is 16.2. The lowest BCUT2D eigenvalue weighted by Gasteiger charge is -2.34. The Morgan fingerprint density at radius 3 is 3.04 bits per heavy atom. The molecule has 4 heterocycles. The Kier molecular flexibility index (Phi) is 3.92. The molecule has 1 saturated heterocycles. The average Bonchev–Trinajstić information content (AvgIpc) is 3.28. The Balaban J connectivity index is 1.60. The molecule has 5 rings (SSSR count). The van der Waals surface area contributed by atoms with Gasteiger partial charge in [-0.3, -0.25) is 4.79 Å². The van der Waals surface area contributed by atoms with Gasteiger partial charge in [0.2, 0.25) is 5.82 Å². The van der Waals surface area contributed by atoms with Crippen LogP contribution in [0.15, 0.2) is 6.33 Å². The van der Waals surface area contributed by atoms with E-state index in [4.69, 9.17) is 4.98 Å². The highest BCUT2D eigenvalue weighted by molar-refractivity contribution is 7.19. The first-order chi connectivity index (χ1) is 12.8. The zero-order valence-corrected chi connectivity index (χ0v) is 15.9. The van der Waals surface area contributed by atoms with Crippen LogP contribution in [0.25, 0.3) is 15.9 Å². The Labute approximate surface area is 156 Å². The van der Waals surface area contributed by atoms with Crippen molar-refractivity contribution in [2.75, 3.05) is 6.54 Å². The van der Waals surface area contributed by atoms with Gasteiger partial charge in [-0.15, -0.1) is 16.4 Å². The summed E-state index contributed by atoms with van der Waals surface area (Å²) in [5.74, 6) is 0.285. The minimum Gasteiger partial charge on any atom is -0.333 e. The Morgan fingerprint density at radius 1 is 1.27 bits per heavy atom. The van der Waals surface area contributed by atoms with Crippen molar-refractivity contribution >= 4 is 33.1 Å². The molecule has 0 N–H and O–H groups in total. The first-order valence-electron chi connectivity index (χ1n) is 9.73. The van der Waals surface area contributed by atoms with Gasteiger partial charge in [-0.1, -0.05) is 6.92 Å². The van der Waals surface area contributed by atoms with E-state index in [9.17, 15) is 4.79 Å². The zero-order valence-electron chi connectivity index (χ0n) is 15.1. The maximum absolute atomic E-state index is 13.1. The summed E-state index contributed by atoms with van der Waals surface area (Å²) >= 11 is 1.78. The van der Waals surface area contributed by atoms with Gasteiger partial charge in [0.05, 0.1) is 5.39 Å². The summed E-state index contributed by atoms with van der Waals surface area (Å²) in [6.07, 6.45) is 10.7. The van der Waals surface area contributed by atoms with E-state index in [1.807, 2.05) is 4.90 Å². The summed E-state index contributed by atoms with van der Waals surface area (Å²) in [7, 11) is 0. The number of nitrogens with zero attached hydrogens (tertiary/aromatic N) is 5. The predicted molar refractivity (Wildman–Crippen MR) is 102 cm³/mol. The number of rotatable bonds is 2. The van der Waals surface area contributed by atoms with Crippen molar-refractivity contribution in [2.45, 2.75) is 64.3 Å². The molecule has 3 aromatic rings. The SMILES string of the molecule is CC[C@H]1CCCCN1C(=O)c1nc2c3c4c(sc3ncn2n1)CCCC4. The number of amides is 1. The summed E-state index contributed by atoms with van der Waals surface area (Å²) in [5.41, 5.74) is 2.17. The minimum atomic E-state index is -0.0301. The van der Waals surface area contributed by atoms with E-state index in [0.29, 0.717) is 11.9 Å². The molecule has 0 saturated carbocycles. The van der Waals surface area contributed by atoms with Gasteiger partial charge < -0.3 is 4.90 Å². The van der Waals surface area contributed by atoms with Crippen molar-refractivity contribution in [1.29, 1.82) is 0 Å². The van der Waals surface area contributed by atoms with Gasteiger partial charge in [0.25, 0.3) is 5.91 Å². The molecule has 0 aromatic carbocycles. The molecule has 7 heteroatoms. The molecule has 6 nitrogen and oxygen atoms in total. The van der Waals surface area contributed by atoms with Crippen LogP contribution in [-0.2, 0) is 12.8 Å². The molecule has 1 fully saturated rings. The zero-order chi connectivity index (χ0) is 17.7. The lowest BCUT2D eigenvalue weighted by Crippen LogP contribution is -2.43. The molecule has 0 bridgehead atoms. The van der Waals surface area contributed by atoms with E-state index >= 15 is 0 Å². The number of likely N-dealkylation sites (tertiary alicyclic amines) is 1.